The molecule has 0 fully saturated rings. The van der Waals surface area contributed by atoms with Gasteiger partial charge in [0, 0.05) is 23.7 Å². The van der Waals surface area contributed by atoms with E-state index in [1.54, 1.807) is 27.7 Å². The van der Waals surface area contributed by atoms with Crippen LogP contribution in [0.3, 0.4) is 0 Å². The van der Waals surface area contributed by atoms with Crippen molar-refractivity contribution in [3.05, 3.63) is 82.8 Å². The zero-order chi connectivity index (χ0) is 19.5. The molecule has 2 heterocycles. The van der Waals surface area contributed by atoms with Crippen molar-refractivity contribution in [1.29, 1.82) is 0 Å². The largest absolute Gasteiger partial charge is 0.250 e. The molecule has 140 valence electrons. The smallest absolute Gasteiger partial charge is 0.216 e. The minimum Gasteiger partial charge on any atom is -0.250 e. The molecule has 0 bridgehead atoms. The molecule has 0 saturated heterocycles. The van der Waals surface area contributed by atoms with Gasteiger partial charge in [0.15, 0.2) is 5.82 Å². The molecule has 0 aliphatic carbocycles. The zero-order valence-electron chi connectivity index (χ0n) is 15.1. The molecule has 4 rings (SSSR count). The molecule has 0 saturated carbocycles. The summed E-state index contributed by atoms with van der Waals surface area (Å²) in [7, 11) is 0. The van der Waals surface area contributed by atoms with E-state index in [2.05, 4.69) is 20.4 Å². The number of para-hydroxylation sites is 1. The van der Waals surface area contributed by atoms with Crippen molar-refractivity contribution in [1.82, 2.24) is 24.7 Å². The minimum absolute atomic E-state index is 0.293. The van der Waals surface area contributed by atoms with E-state index >= 15 is 0 Å². The van der Waals surface area contributed by atoms with Crippen molar-refractivity contribution in [2.45, 2.75) is 13.3 Å². The number of aryl methyl sites for hydroxylation is 1. The van der Waals surface area contributed by atoms with Gasteiger partial charge in [0.25, 0.3) is 0 Å². The lowest BCUT2D eigenvalue weighted by molar-refractivity contribution is 0.628. The van der Waals surface area contributed by atoms with Crippen LogP contribution in [0.5, 0.6) is 0 Å². The van der Waals surface area contributed by atoms with Crippen LogP contribution in [0.1, 0.15) is 18.3 Å². The summed E-state index contributed by atoms with van der Waals surface area (Å²) in [5, 5.41) is 16.1. The van der Waals surface area contributed by atoms with Crippen LogP contribution in [0.15, 0.2) is 65.9 Å². The van der Waals surface area contributed by atoms with Gasteiger partial charge in [0.05, 0.1) is 11.9 Å². The Balaban J connectivity index is 1.81. The van der Waals surface area contributed by atoms with Crippen LogP contribution < -0.4 is 0 Å². The van der Waals surface area contributed by atoms with Crippen molar-refractivity contribution in [3.8, 4) is 16.9 Å². The first kappa shape index (κ1) is 18.0. The summed E-state index contributed by atoms with van der Waals surface area (Å²) in [5.41, 5.74) is 3.19. The van der Waals surface area contributed by atoms with Gasteiger partial charge in [-0.3, -0.25) is 5.10 Å². The molecule has 6 nitrogen and oxygen atoms in total. The molecule has 28 heavy (non-hydrogen) atoms. The average molecular weight is 392 g/mol. The molecule has 0 unspecified atom stereocenters. The molecule has 4 aromatic rings. The zero-order valence-corrected chi connectivity index (χ0v) is 15.9. The topological polar surface area (TPSA) is 63.8 Å². The maximum Gasteiger partial charge on any atom is 0.216 e. The van der Waals surface area contributed by atoms with Crippen molar-refractivity contribution in [3.63, 3.8) is 0 Å². The number of halogens is 1. The fraction of sp³-hybridized carbons (Fsp3) is 0.100. The van der Waals surface area contributed by atoms with E-state index in [1.165, 1.54) is 12.1 Å². The van der Waals surface area contributed by atoms with Gasteiger partial charge >= 0.3 is 0 Å². The Morgan fingerprint density at radius 2 is 1.89 bits per heavy atom. The van der Waals surface area contributed by atoms with E-state index in [0.29, 0.717) is 16.9 Å². The Morgan fingerprint density at radius 1 is 1.14 bits per heavy atom. The average Bonchev–Trinajstić information content (AvgIpc) is 3.31. The van der Waals surface area contributed by atoms with Crippen LogP contribution in [0.25, 0.3) is 16.9 Å². The number of hydrogen-bond donors (Lipinski definition) is 1. The molecule has 0 aliphatic heterocycles. The number of aromatic nitrogens is 5. The summed E-state index contributed by atoms with van der Waals surface area (Å²) in [6.45, 7) is 1.98. The van der Waals surface area contributed by atoms with Gasteiger partial charge in [-0.05, 0) is 48.6 Å². The Bertz CT molecular complexity index is 1170. The van der Waals surface area contributed by atoms with E-state index in [0.717, 1.165) is 22.6 Å². The normalized spacial score (nSPS) is 11.4. The van der Waals surface area contributed by atoms with Crippen molar-refractivity contribution in [2.75, 3.05) is 0 Å². The lowest BCUT2D eigenvalue weighted by Gasteiger charge is -2.00. The monoisotopic (exact) mass is 392 g/mol. The van der Waals surface area contributed by atoms with Gasteiger partial charge < -0.3 is 0 Å². The number of benzene rings is 2. The van der Waals surface area contributed by atoms with Crippen molar-refractivity contribution < 1.29 is 4.39 Å². The van der Waals surface area contributed by atoms with Crippen LogP contribution in [0.2, 0.25) is 0 Å². The number of H-pyrrole nitrogens is 1. The fourth-order valence-electron chi connectivity index (χ4n) is 2.82. The van der Waals surface area contributed by atoms with E-state index in [1.807, 2.05) is 43.5 Å². The maximum absolute atomic E-state index is 13.4. The Morgan fingerprint density at radius 3 is 2.61 bits per heavy atom. The van der Waals surface area contributed by atoms with Gasteiger partial charge in [-0.1, -0.05) is 25.1 Å². The molecule has 0 spiro atoms. The van der Waals surface area contributed by atoms with Gasteiger partial charge in [-0.2, -0.15) is 20.0 Å². The predicted octanol–water partition coefficient (Wildman–Crippen LogP) is 4.38. The number of aromatic amines is 1. The van der Waals surface area contributed by atoms with Gasteiger partial charge in [-0.15, -0.1) is 0 Å². The molecule has 1 N–H and O–H groups in total. The van der Waals surface area contributed by atoms with Crippen molar-refractivity contribution >= 4 is 18.4 Å². The third-order valence-corrected chi connectivity index (χ3v) is 4.49. The highest BCUT2D eigenvalue weighted by Crippen LogP contribution is 2.23. The quantitative estimate of drug-likeness (QED) is 0.405. The first-order chi connectivity index (χ1) is 13.7. The Kier molecular flexibility index (Phi) is 4.94. The van der Waals surface area contributed by atoms with E-state index < -0.39 is 0 Å². The Hall–Kier alpha value is -3.39. The lowest BCUT2D eigenvalue weighted by atomic mass is 10.1. The molecule has 0 radical (unpaired) electrons. The second-order valence-electron chi connectivity index (χ2n) is 6.07. The van der Waals surface area contributed by atoms with Crippen LogP contribution in [0.4, 0.5) is 4.39 Å². The summed E-state index contributed by atoms with van der Waals surface area (Å²) < 4.78 is 17.1. The first-order valence-electron chi connectivity index (χ1n) is 8.77. The van der Waals surface area contributed by atoms with Crippen LogP contribution in [-0.2, 0) is 6.42 Å². The second-order valence-corrected chi connectivity index (χ2v) is 6.46. The highest BCUT2D eigenvalue weighted by Gasteiger charge is 2.12. The van der Waals surface area contributed by atoms with Gasteiger partial charge in [-0.25, -0.2) is 9.07 Å². The predicted molar refractivity (Wildman–Crippen MR) is 109 cm³/mol. The number of hydrogen-bond acceptors (Lipinski definition) is 4. The van der Waals surface area contributed by atoms with Crippen LogP contribution >= 0.6 is 12.2 Å². The number of nitrogens with one attached hydrogen (secondary N) is 1. The summed E-state index contributed by atoms with van der Waals surface area (Å²) >= 11 is 5.25. The third kappa shape index (κ3) is 3.54. The molecule has 0 aliphatic rings. The summed E-state index contributed by atoms with van der Waals surface area (Å²) in [6.07, 6.45) is 4.26. The summed E-state index contributed by atoms with van der Waals surface area (Å²) in [4.78, 5) is 0. The molecule has 2 aromatic heterocycles. The summed E-state index contributed by atoms with van der Waals surface area (Å²) in [5.74, 6) is 0.443. The Labute approximate surface area is 166 Å². The molecular weight excluding hydrogens is 375 g/mol. The number of nitrogens with zero attached hydrogens (tertiary/aromatic N) is 5. The standard InChI is InChI=1S/C20H17FN6S/c1-2-18-23-24-20(28)27(18)22-12-15-13-26(17-6-4-3-5-7-17)25-19(15)14-8-10-16(21)11-9-14/h3-13H,2H2,1H3,(H,24,28)/b22-12-. The fourth-order valence-corrected chi connectivity index (χ4v) is 3.02. The lowest BCUT2D eigenvalue weighted by Crippen LogP contribution is -1.97. The summed E-state index contributed by atoms with van der Waals surface area (Å²) in [6, 6.07) is 16.0. The van der Waals surface area contributed by atoms with Gasteiger partial charge in [0.1, 0.15) is 11.5 Å². The highest BCUT2D eigenvalue weighted by atomic mass is 32.1. The minimum atomic E-state index is -0.293. The van der Waals surface area contributed by atoms with Gasteiger partial charge in [0.2, 0.25) is 4.77 Å². The van der Waals surface area contributed by atoms with Crippen molar-refractivity contribution in [2.24, 2.45) is 5.10 Å². The van der Waals surface area contributed by atoms with Crippen LogP contribution in [-0.4, -0.2) is 30.9 Å². The molecule has 0 atom stereocenters. The maximum atomic E-state index is 13.4. The second kappa shape index (κ2) is 7.69. The van der Waals surface area contributed by atoms with E-state index in [4.69, 9.17) is 12.2 Å². The van der Waals surface area contributed by atoms with E-state index in [-0.39, 0.29) is 5.82 Å². The SMILES string of the molecule is CCc1n[nH]c(=S)n1/N=C\c1cn(-c2ccccc2)nc1-c1ccc(F)cc1. The van der Waals surface area contributed by atoms with Crippen LogP contribution in [0, 0.1) is 10.6 Å². The molecule has 2 aromatic carbocycles. The third-order valence-electron chi connectivity index (χ3n) is 4.23. The number of rotatable bonds is 5. The molecule has 0 amide bonds. The molecular formula is C20H17FN6S. The first-order valence-corrected chi connectivity index (χ1v) is 9.18. The highest BCUT2D eigenvalue weighted by molar-refractivity contribution is 7.71. The van der Waals surface area contributed by atoms with E-state index in [9.17, 15) is 4.39 Å². The molecule has 8 heteroatoms.